The Hall–Kier alpha value is -0.310. The summed E-state index contributed by atoms with van der Waals surface area (Å²) in [5, 5.41) is 8.69. The van der Waals surface area contributed by atoms with Gasteiger partial charge in [0, 0.05) is 4.83 Å². The Morgan fingerprint density at radius 2 is 2.44 bits per heavy atom. The molecule has 1 unspecified atom stereocenters. The number of alkyl halides is 1. The van der Waals surface area contributed by atoms with Crippen LogP contribution in [0.3, 0.4) is 0 Å². The van der Waals surface area contributed by atoms with Crippen molar-refractivity contribution in [1.29, 1.82) is 0 Å². The minimum atomic E-state index is -0.539. The van der Waals surface area contributed by atoms with Gasteiger partial charge in [-0.25, -0.2) is 4.39 Å². The zero-order chi connectivity index (χ0) is 6.85. The first-order valence-electron chi connectivity index (χ1n) is 2.61. The number of halogens is 2. The van der Waals surface area contributed by atoms with Gasteiger partial charge >= 0.3 is 0 Å². The van der Waals surface area contributed by atoms with E-state index < -0.39 is 5.83 Å². The molecule has 0 aliphatic heterocycles. The monoisotopic (exact) mass is 192 g/mol. The highest BCUT2D eigenvalue weighted by atomic mass is 79.9. The Kier molecular flexibility index (Phi) is 1.90. The second-order valence-electron chi connectivity index (χ2n) is 1.86. The van der Waals surface area contributed by atoms with Crippen molar-refractivity contribution in [1.82, 2.24) is 0 Å². The fourth-order valence-corrected chi connectivity index (χ4v) is 1.05. The van der Waals surface area contributed by atoms with E-state index >= 15 is 0 Å². The molecule has 0 aromatic carbocycles. The largest absolute Gasteiger partial charge is 0.505 e. The van der Waals surface area contributed by atoms with E-state index in [0.717, 1.165) is 0 Å². The van der Waals surface area contributed by atoms with Crippen LogP contribution in [-0.4, -0.2) is 9.93 Å². The molecule has 0 spiro atoms. The molecular weight excluding hydrogens is 187 g/mol. The SMILES string of the molecule is OC1=CCC(Br)C=C1F. The van der Waals surface area contributed by atoms with Gasteiger partial charge in [-0.05, 0) is 18.6 Å². The summed E-state index contributed by atoms with van der Waals surface area (Å²) in [5.41, 5.74) is 0. The first-order valence-corrected chi connectivity index (χ1v) is 3.52. The van der Waals surface area contributed by atoms with E-state index in [1.54, 1.807) is 0 Å². The molecule has 0 amide bonds. The lowest BCUT2D eigenvalue weighted by Gasteiger charge is -2.07. The van der Waals surface area contributed by atoms with Crippen molar-refractivity contribution >= 4 is 15.9 Å². The van der Waals surface area contributed by atoms with Crippen LogP contribution >= 0.6 is 15.9 Å². The Morgan fingerprint density at radius 1 is 1.78 bits per heavy atom. The lowest BCUT2D eigenvalue weighted by atomic mass is 10.1. The average Bonchev–Trinajstić information content (AvgIpc) is 1.80. The minimum Gasteiger partial charge on any atom is -0.505 e. The molecule has 1 aliphatic carbocycles. The number of rotatable bonds is 0. The smallest absolute Gasteiger partial charge is 0.161 e. The van der Waals surface area contributed by atoms with Crippen LogP contribution in [0.2, 0.25) is 0 Å². The van der Waals surface area contributed by atoms with Crippen molar-refractivity contribution in [2.45, 2.75) is 11.2 Å². The van der Waals surface area contributed by atoms with Crippen molar-refractivity contribution in [3.05, 3.63) is 23.7 Å². The Balaban J connectivity index is 2.75. The molecule has 0 saturated carbocycles. The summed E-state index contributed by atoms with van der Waals surface area (Å²) in [7, 11) is 0. The summed E-state index contributed by atoms with van der Waals surface area (Å²) in [4.78, 5) is 0.0356. The third-order valence-corrected chi connectivity index (χ3v) is 1.75. The summed E-state index contributed by atoms with van der Waals surface area (Å²) >= 11 is 3.18. The molecule has 1 rings (SSSR count). The maximum Gasteiger partial charge on any atom is 0.161 e. The molecule has 1 nitrogen and oxygen atoms in total. The third kappa shape index (κ3) is 1.55. The van der Waals surface area contributed by atoms with Crippen LogP contribution in [0.15, 0.2) is 23.7 Å². The van der Waals surface area contributed by atoms with Gasteiger partial charge in [0.1, 0.15) is 5.76 Å². The Bertz CT molecular complexity index is 174. The fraction of sp³-hybridized carbons (Fsp3) is 0.333. The summed E-state index contributed by atoms with van der Waals surface area (Å²) < 4.78 is 12.3. The van der Waals surface area contributed by atoms with Gasteiger partial charge in [-0.3, -0.25) is 0 Å². The normalized spacial score (nSPS) is 27.1. The van der Waals surface area contributed by atoms with Gasteiger partial charge in [0.25, 0.3) is 0 Å². The predicted octanol–water partition coefficient (Wildman–Crippen LogP) is 2.45. The highest BCUT2D eigenvalue weighted by molar-refractivity contribution is 9.09. The minimum absolute atomic E-state index is 0.0356. The maximum absolute atomic E-state index is 12.3. The molecule has 9 heavy (non-hydrogen) atoms. The molecule has 50 valence electrons. The summed E-state index contributed by atoms with van der Waals surface area (Å²) in [5.74, 6) is -0.783. The molecule has 0 radical (unpaired) electrons. The van der Waals surface area contributed by atoms with Crippen molar-refractivity contribution in [3.63, 3.8) is 0 Å². The molecule has 1 atom stereocenters. The lowest BCUT2D eigenvalue weighted by molar-refractivity contribution is 0.382. The number of hydrogen-bond donors (Lipinski definition) is 1. The lowest BCUT2D eigenvalue weighted by Crippen LogP contribution is -1.99. The molecular formula is C6H6BrFO. The van der Waals surface area contributed by atoms with Gasteiger partial charge in [0.15, 0.2) is 5.83 Å². The highest BCUT2D eigenvalue weighted by Gasteiger charge is 2.11. The predicted molar refractivity (Wildman–Crippen MR) is 37.2 cm³/mol. The van der Waals surface area contributed by atoms with E-state index in [2.05, 4.69) is 15.9 Å². The van der Waals surface area contributed by atoms with E-state index in [4.69, 9.17) is 5.11 Å². The van der Waals surface area contributed by atoms with Crippen molar-refractivity contribution in [2.75, 3.05) is 0 Å². The van der Waals surface area contributed by atoms with E-state index in [1.807, 2.05) is 0 Å². The summed E-state index contributed by atoms with van der Waals surface area (Å²) in [6.45, 7) is 0. The second-order valence-corrected chi connectivity index (χ2v) is 3.03. The quantitative estimate of drug-likeness (QED) is 0.585. The molecule has 0 bridgehead atoms. The number of aliphatic hydroxyl groups excluding tert-OH is 1. The Labute approximate surface area is 61.0 Å². The average molecular weight is 193 g/mol. The molecule has 0 aromatic rings. The Morgan fingerprint density at radius 3 is 2.89 bits per heavy atom. The second kappa shape index (κ2) is 2.52. The maximum atomic E-state index is 12.3. The van der Waals surface area contributed by atoms with Crippen LogP contribution in [0, 0.1) is 0 Å². The molecule has 0 saturated heterocycles. The number of hydrogen-bond acceptors (Lipinski definition) is 1. The van der Waals surface area contributed by atoms with Gasteiger partial charge in [-0.2, -0.15) is 0 Å². The standard InChI is InChI=1S/C6H6BrFO/c7-4-1-2-6(9)5(8)3-4/h2-4,9H,1H2. The summed E-state index contributed by atoms with van der Waals surface area (Å²) in [6.07, 6.45) is 3.45. The summed E-state index contributed by atoms with van der Waals surface area (Å²) in [6, 6.07) is 0. The number of aliphatic hydroxyl groups is 1. The third-order valence-electron chi connectivity index (χ3n) is 1.11. The topological polar surface area (TPSA) is 20.2 Å². The van der Waals surface area contributed by atoms with Crippen LogP contribution < -0.4 is 0 Å². The van der Waals surface area contributed by atoms with Crippen molar-refractivity contribution < 1.29 is 9.50 Å². The van der Waals surface area contributed by atoms with E-state index in [-0.39, 0.29) is 10.6 Å². The van der Waals surface area contributed by atoms with Crippen molar-refractivity contribution in [2.24, 2.45) is 0 Å². The van der Waals surface area contributed by atoms with Crippen LogP contribution in [-0.2, 0) is 0 Å². The van der Waals surface area contributed by atoms with E-state index in [0.29, 0.717) is 6.42 Å². The highest BCUT2D eigenvalue weighted by Crippen LogP contribution is 2.21. The first-order chi connectivity index (χ1) is 4.20. The van der Waals surface area contributed by atoms with Crippen molar-refractivity contribution in [3.8, 4) is 0 Å². The van der Waals surface area contributed by atoms with Gasteiger partial charge in [0.2, 0.25) is 0 Å². The first kappa shape index (κ1) is 6.81. The zero-order valence-electron chi connectivity index (χ0n) is 4.64. The van der Waals surface area contributed by atoms with Gasteiger partial charge < -0.3 is 5.11 Å². The molecule has 3 heteroatoms. The van der Waals surface area contributed by atoms with E-state index in [1.165, 1.54) is 12.2 Å². The molecule has 1 aliphatic rings. The van der Waals surface area contributed by atoms with E-state index in [9.17, 15) is 4.39 Å². The van der Waals surface area contributed by atoms with Gasteiger partial charge in [-0.15, -0.1) is 0 Å². The van der Waals surface area contributed by atoms with Gasteiger partial charge in [0.05, 0.1) is 0 Å². The zero-order valence-corrected chi connectivity index (χ0v) is 6.23. The van der Waals surface area contributed by atoms with Crippen LogP contribution in [0.4, 0.5) is 4.39 Å². The van der Waals surface area contributed by atoms with Crippen LogP contribution in [0.25, 0.3) is 0 Å². The number of allylic oxidation sites excluding steroid dienone is 3. The molecule has 0 fully saturated rings. The molecule has 0 aromatic heterocycles. The molecule has 0 heterocycles. The van der Waals surface area contributed by atoms with Gasteiger partial charge in [-0.1, -0.05) is 15.9 Å². The fourth-order valence-electron chi connectivity index (χ4n) is 0.634. The molecule has 1 N–H and O–H groups in total. The van der Waals surface area contributed by atoms with Crippen LogP contribution in [0.1, 0.15) is 6.42 Å². The van der Waals surface area contributed by atoms with Crippen LogP contribution in [0.5, 0.6) is 0 Å².